The van der Waals surface area contributed by atoms with Crippen molar-refractivity contribution >= 4 is 66.4 Å². The number of amides is 1. The van der Waals surface area contributed by atoms with E-state index < -0.39 is 0 Å². The van der Waals surface area contributed by atoms with Crippen LogP contribution in [0.1, 0.15) is 10.4 Å². The minimum Gasteiger partial charge on any atom is -0.412 e. The van der Waals surface area contributed by atoms with Crippen molar-refractivity contribution in [1.82, 2.24) is 10.3 Å². The van der Waals surface area contributed by atoms with Crippen molar-refractivity contribution < 1.29 is 10.3 Å². The Morgan fingerprint density at radius 2 is 1.76 bits per heavy atom. The molecule has 5 nitrogen and oxygen atoms in total. The van der Waals surface area contributed by atoms with Gasteiger partial charge in [0.05, 0.1) is 10.2 Å². The van der Waals surface area contributed by atoms with Gasteiger partial charge in [0.2, 0.25) is 0 Å². The van der Waals surface area contributed by atoms with Crippen LogP contribution in [0.3, 0.4) is 0 Å². The first-order valence-electron chi connectivity index (χ1n) is 8.42. The summed E-state index contributed by atoms with van der Waals surface area (Å²) >= 11 is 10.3. The molecular weight excluding hydrogens is 470 g/mol. The summed E-state index contributed by atoms with van der Waals surface area (Å²) in [7, 11) is 0. The Kier molecular flexibility index (Phi) is 6.71. The van der Waals surface area contributed by atoms with E-state index in [-0.39, 0.29) is 16.5 Å². The number of nitrogens with zero attached hydrogens (tertiary/aromatic N) is 1. The number of anilines is 1. The smallest absolute Gasteiger partial charge is 0.257 e. The summed E-state index contributed by atoms with van der Waals surface area (Å²) < 4.78 is 2.00. The maximum Gasteiger partial charge on any atom is 0.257 e. The second kappa shape index (κ2) is 9.23. The molecule has 4 rings (SSSR count). The average Bonchev–Trinajstić information content (AvgIpc) is 3.12. The second-order valence-corrected chi connectivity index (χ2v) is 8.34. The fourth-order valence-electron chi connectivity index (χ4n) is 2.66. The number of thiazole rings is 1. The maximum absolute atomic E-state index is 12.3. The lowest BCUT2D eigenvalue weighted by Crippen LogP contribution is -2.34. The Balaban J connectivity index is 0.00000240. The Morgan fingerprint density at radius 3 is 2.48 bits per heavy atom. The zero-order valence-corrected chi connectivity index (χ0v) is 18.2. The van der Waals surface area contributed by atoms with Gasteiger partial charge >= 0.3 is 0 Å². The van der Waals surface area contributed by atoms with Crippen molar-refractivity contribution in [2.45, 2.75) is 0 Å². The van der Waals surface area contributed by atoms with Crippen molar-refractivity contribution in [3.8, 4) is 10.6 Å². The largest absolute Gasteiger partial charge is 0.412 e. The topological polar surface area (TPSA) is 85.5 Å². The van der Waals surface area contributed by atoms with E-state index in [1.165, 1.54) is 0 Å². The molecule has 0 aliphatic carbocycles. The predicted molar refractivity (Wildman–Crippen MR) is 126 cm³/mol. The van der Waals surface area contributed by atoms with Gasteiger partial charge in [-0.3, -0.25) is 10.1 Å². The van der Waals surface area contributed by atoms with Crippen LogP contribution in [0.4, 0.5) is 5.69 Å². The third kappa shape index (κ3) is 5.04. The van der Waals surface area contributed by atoms with Gasteiger partial charge in [0.25, 0.3) is 5.91 Å². The van der Waals surface area contributed by atoms with E-state index in [0.717, 1.165) is 30.9 Å². The van der Waals surface area contributed by atoms with Crippen LogP contribution in [-0.2, 0) is 0 Å². The predicted octanol–water partition coefficient (Wildman–Crippen LogP) is 5.03. The number of nitrogens with one attached hydrogen (secondary N) is 2. The quantitative estimate of drug-likeness (QED) is 0.398. The van der Waals surface area contributed by atoms with Gasteiger partial charge in [-0.1, -0.05) is 34.1 Å². The number of carbonyl (C=O) groups excluding carboxylic acids is 1. The summed E-state index contributed by atoms with van der Waals surface area (Å²) in [6.45, 7) is 0. The van der Waals surface area contributed by atoms with Crippen molar-refractivity contribution in [2.24, 2.45) is 0 Å². The highest BCUT2D eigenvalue weighted by Gasteiger charge is 2.09. The summed E-state index contributed by atoms with van der Waals surface area (Å²) in [5.74, 6) is -0.259. The van der Waals surface area contributed by atoms with E-state index in [0.29, 0.717) is 5.56 Å². The van der Waals surface area contributed by atoms with E-state index in [9.17, 15) is 4.79 Å². The summed E-state index contributed by atoms with van der Waals surface area (Å²) in [5.41, 5.74) is 3.37. The standard InChI is InChI=1S/C21H14BrN3OS2.H2O/c22-15-5-3-4-14(12-15)19(26)25-21(27)23-16-10-8-13(9-11-16)20-24-17-6-1-2-7-18(17)28-20;/h1-12H,(H2,23,25,26,27);1H2. The van der Waals surface area contributed by atoms with Gasteiger partial charge in [0.1, 0.15) is 5.01 Å². The van der Waals surface area contributed by atoms with Crippen molar-refractivity contribution in [3.05, 3.63) is 82.8 Å². The third-order valence-electron chi connectivity index (χ3n) is 4.00. The molecule has 1 amide bonds. The van der Waals surface area contributed by atoms with E-state index >= 15 is 0 Å². The molecule has 8 heteroatoms. The summed E-state index contributed by atoms with van der Waals surface area (Å²) in [4.78, 5) is 16.9. The molecule has 4 aromatic rings. The van der Waals surface area contributed by atoms with Gasteiger partial charge < -0.3 is 10.8 Å². The fourth-order valence-corrected chi connectivity index (χ4v) is 4.24. The summed E-state index contributed by atoms with van der Waals surface area (Å²) in [5, 5.41) is 6.94. The highest BCUT2D eigenvalue weighted by molar-refractivity contribution is 9.10. The third-order valence-corrected chi connectivity index (χ3v) is 5.78. The Morgan fingerprint density at radius 1 is 1.00 bits per heavy atom. The van der Waals surface area contributed by atoms with Crippen LogP contribution >= 0.6 is 39.5 Å². The minimum atomic E-state index is -0.259. The molecule has 1 heterocycles. The zero-order valence-electron chi connectivity index (χ0n) is 15.0. The van der Waals surface area contributed by atoms with Crippen LogP contribution in [0.25, 0.3) is 20.8 Å². The molecule has 29 heavy (non-hydrogen) atoms. The summed E-state index contributed by atoms with van der Waals surface area (Å²) in [6.07, 6.45) is 0. The van der Waals surface area contributed by atoms with Crippen LogP contribution in [0, 0.1) is 0 Å². The fraction of sp³-hybridized carbons (Fsp3) is 0. The van der Waals surface area contributed by atoms with Crippen molar-refractivity contribution in [2.75, 3.05) is 5.32 Å². The van der Waals surface area contributed by atoms with E-state index in [1.807, 2.05) is 48.5 Å². The minimum absolute atomic E-state index is 0. The monoisotopic (exact) mass is 485 g/mol. The molecular formula is C21H16BrN3O2S2. The molecule has 0 saturated heterocycles. The highest BCUT2D eigenvalue weighted by Crippen LogP contribution is 2.30. The molecule has 0 aliphatic heterocycles. The molecule has 146 valence electrons. The van der Waals surface area contributed by atoms with Gasteiger partial charge in [-0.05, 0) is 66.8 Å². The normalized spacial score (nSPS) is 10.2. The van der Waals surface area contributed by atoms with Crippen molar-refractivity contribution in [3.63, 3.8) is 0 Å². The first kappa shape index (κ1) is 21.1. The number of carbonyl (C=O) groups is 1. The van der Waals surface area contributed by atoms with Gasteiger partial charge in [-0.15, -0.1) is 11.3 Å². The van der Waals surface area contributed by atoms with E-state index in [1.54, 1.807) is 29.5 Å². The highest BCUT2D eigenvalue weighted by atomic mass is 79.9. The molecule has 0 fully saturated rings. The zero-order chi connectivity index (χ0) is 19.5. The Bertz CT molecular complexity index is 1140. The average molecular weight is 486 g/mol. The van der Waals surface area contributed by atoms with Crippen LogP contribution in [0.2, 0.25) is 0 Å². The molecule has 0 radical (unpaired) electrons. The van der Waals surface area contributed by atoms with Crippen LogP contribution in [-0.4, -0.2) is 21.5 Å². The van der Waals surface area contributed by atoms with Crippen LogP contribution in [0.15, 0.2) is 77.3 Å². The molecule has 0 unspecified atom stereocenters. The lowest BCUT2D eigenvalue weighted by molar-refractivity contribution is 0.0977. The number of thiocarbonyl (C=S) groups is 1. The van der Waals surface area contributed by atoms with Crippen LogP contribution in [0.5, 0.6) is 0 Å². The SMILES string of the molecule is O.O=C(NC(=S)Nc1ccc(-c2nc3ccccc3s2)cc1)c1cccc(Br)c1. The molecule has 0 atom stereocenters. The van der Waals surface area contributed by atoms with Gasteiger partial charge in [0.15, 0.2) is 5.11 Å². The molecule has 0 bridgehead atoms. The summed E-state index contributed by atoms with van der Waals surface area (Å²) in [6, 6.07) is 23.0. The molecule has 3 aromatic carbocycles. The number of rotatable bonds is 3. The lowest BCUT2D eigenvalue weighted by Gasteiger charge is -2.10. The van der Waals surface area contributed by atoms with E-state index in [2.05, 4.69) is 37.6 Å². The Labute approximate surface area is 185 Å². The number of para-hydroxylation sites is 1. The Hall–Kier alpha value is -2.65. The first-order chi connectivity index (χ1) is 13.6. The molecule has 0 saturated carbocycles. The van der Waals surface area contributed by atoms with E-state index in [4.69, 9.17) is 12.2 Å². The molecule has 4 N–H and O–H groups in total. The molecule has 1 aromatic heterocycles. The number of halogens is 1. The van der Waals surface area contributed by atoms with Crippen LogP contribution < -0.4 is 10.6 Å². The second-order valence-electron chi connectivity index (χ2n) is 5.98. The van der Waals surface area contributed by atoms with Gasteiger partial charge in [-0.25, -0.2) is 4.98 Å². The number of fused-ring (bicyclic) bond motifs is 1. The van der Waals surface area contributed by atoms with Gasteiger partial charge in [0, 0.05) is 21.3 Å². The number of hydrogen-bond acceptors (Lipinski definition) is 4. The number of benzene rings is 3. The maximum atomic E-state index is 12.3. The number of aromatic nitrogens is 1. The van der Waals surface area contributed by atoms with Crippen molar-refractivity contribution in [1.29, 1.82) is 0 Å². The molecule has 0 aliphatic rings. The lowest BCUT2D eigenvalue weighted by atomic mass is 10.2. The van der Waals surface area contributed by atoms with Gasteiger partial charge in [-0.2, -0.15) is 0 Å². The first-order valence-corrected chi connectivity index (χ1v) is 10.4. The number of hydrogen-bond donors (Lipinski definition) is 2. The molecule has 0 spiro atoms.